The van der Waals surface area contributed by atoms with Gasteiger partial charge in [0.25, 0.3) is 0 Å². The maximum atomic E-state index is 11.4. The molecule has 1 aromatic rings. The Morgan fingerprint density at radius 2 is 2.31 bits per heavy atom. The smallest absolute Gasteiger partial charge is 0.319 e. The summed E-state index contributed by atoms with van der Waals surface area (Å²) < 4.78 is 0. The van der Waals surface area contributed by atoms with Gasteiger partial charge in [0.05, 0.1) is 0 Å². The average Bonchev–Trinajstić information content (AvgIpc) is 2.24. The van der Waals surface area contributed by atoms with Crippen LogP contribution in [0.25, 0.3) is 0 Å². The van der Waals surface area contributed by atoms with E-state index in [4.69, 9.17) is 5.73 Å². The molecule has 0 aliphatic heterocycles. The van der Waals surface area contributed by atoms with Crippen molar-refractivity contribution >= 4 is 29.2 Å². The molecule has 0 saturated heterocycles. The van der Waals surface area contributed by atoms with E-state index in [-0.39, 0.29) is 6.03 Å². The van der Waals surface area contributed by atoms with Gasteiger partial charge in [-0.25, -0.2) is 4.79 Å². The van der Waals surface area contributed by atoms with Gasteiger partial charge in [0, 0.05) is 17.9 Å². The van der Waals surface area contributed by atoms with Crippen LogP contribution < -0.4 is 16.4 Å². The highest BCUT2D eigenvalue weighted by molar-refractivity contribution is 7.98. The number of carbonyl (C=O) groups is 1. The van der Waals surface area contributed by atoms with E-state index in [2.05, 4.69) is 10.6 Å². The summed E-state index contributed by atoms with van der Waals surface area (Å²) in [5, 5.41) is 5.50. The van der Waals surface area contributed by atoms with E-state index in [0.717, 1.165) is 12.2 Å². The maximum Gasteiger partial charge on any atom is 0.319 e. The molecule has 4 N–H and O–H groups in total. The first kappa shape index (κ1) is 12.7. The zero-order chi connectivity index (χ0) is 11.8. The van der Waals surface area contributed by atoms with Gasteiger partial charge in [0.1, 0.15) is 0 Å². The summed E-state index contributed by atoms with van der Waals surface area (Å²) in [6, 6.07) is 6.92. The fourth-order valence-electron chi connectivity index (χ4n) is 1.21. The lowest BCUT2D eigenvalue weighted by Gasteiger charge is -2.07. The molecule has 0 unspecified atom stereocenters. The molecule has 0 saturated carbocycles. The van der Waals surface area contributed by atoms with Crippen molar-refractivity contribution in [2.75, 3.05) is 29.6 Å². The van der Waals surface area contributed by atoms with E-state index in [1.54, 1.807) is 36.0 Å². The Hall–Kier alpha value is -1.36. The van der Waals surface area contributed by atoms with Crippen molar-refractivity contribution in [1.82, 2.24) is 5.32 Å². The lowest BCUT2D eigenvalue weighted by Crippen LogP contribution is -2.29. The number of thioether (sulfide) groups is 1. The summed E-state index contributed by atoms with van der Waals surface area (Å²) >= 11 is 1.77. The van der Waals surface area contributed by atoms with Crippen LogP contribution in [-0.4, -0.2) is 24.6 Å². The molecule has 1 rings (SSSR count). The molecule has 88 valence electrons. The predicted octanol–water partition coefficient (Wildman–Crippen LogP) is 2.14. The molecule has 2 amide bonds. The number of hydrogen-bond donors (Lipinski definition) is 3. The van der Waals surface area contributed by atoms with Crippen LogP contribution in [0.15, 0.2) is 24.3 Å². The molecular weight excluding hydrogens is 222 g/mol. The molecule has 0 radical (unpaired) electrons. The number of rotatable bonds is 5. The third-order valence-electron chi connectivity index (χ3n) is 1.96. The Labute approximate surface area is 100.0 Å². The van der Waals surface area contributed by atoms with E-state index in [0.29, 0.717) is 17.9 Å². The second-order valence-corrected chi connectivity index (χ2v) is 4.34. The van der Waals surface area contributed by atoms with Crippen LogP contribution in [0.1, 0.15) is 6.42 Å². The van der Waals surface area contributed by atoms with Gasteiger partial charge < -0.3 is 16.4 Å². The number of anilines is 2. The van der Waals surface area contributed by atoms with E-state index >= 15 is 0 Å². The van der Waals surface area contributed by atoms with E-state index in [1.807, 2.05) is 6.26 Å². The number of amides is 2. The Bertz CT molecular complexity index is 344. The minimum atomic E-state index is -0.188. The number of hydrogen-bond acceptors (Lipinski definition) is 3. The number of urea groups is 1. The van der Waals surface area contributed by atoms with Crippen molar-refractivity contribution in [3.05, 3.63) is 24.3 Å². The third kappa shape index (κ3) is 4.93. The number of carbonyl (C=O) groups excluding carboxylic acids is 1. The molecule has 5 heteroatoms. The number of nitrogens with one attached hydrogen (secondary N) is 2. The lowest BCUT2D eigenvalue weighted by molar-refractivity contribution is 0.252. The number of benzene rings is 1. The maximum absolute atomic E-state index is 11.4. The van der Waals surface area contributed by atoms with Crippen LogP contribution in [0.5, 0.6) is 0 Å². The minimum Gasteiger partial charge on any atom is -0.399 e. The van der Waals surface area contributed by atoms with Crippen LogP contribution in [0, 0.1) is 0 Å². The SMILES string of the molecule is CSCCCNC(=O)Nc1cccc(N)c1. The summed E-state index contributed by atoms with van der Waals surface area (Å²) in [4.78, 5) is 11.4. The number of nitrogens with two attached hydrogens (primary N) is 1. The zero-order valence-electron chi connectivity index (χ0n) is 9.32. The Morgan fingerprint density at radius 3 is 3.00 bits per heavy atom. The first-order chi connectivity index (χ1) is 7.72. The minimum absolute atomic E-state index is 0.188. The summed E-state index contributed by atoms with van der Waals surface area (Å²) in [5.41, 5.74) is 6.95. The van der Waals surface area contributed by atoms with E-state index < -0.39 is 0 Å². The summed E-state index contributed by atoms with van der Waals surface area (Å²) in [6.45, 7) is 0.689. The summed E-state index contributed by atoms with van der Waals surface area (Å²) in [5.74, 6) is 1.05. The van der Waals surface area contributed by atoms with Gasteiger partial charge in [0.15, 0.2) is 0 Å². The van der Waals surface area contributed by atoms with Crippen LogP contribution in [0.4, 0.5) is 16.2 Å². The highest BCUT2D eigenvalue weighted by Gasteiger charge is 2.00. The average molecular weight is 239 g/mol. The second-order valence-electron chi connectivity index (χ2n) is 3.35. The number of nitrogen functional groups attached to an aromatic ring is 1. The lowest BCUT2D eigenvalue weighted by atomic mass is 10.3. The third-order valence-corrected chi connectivity index (χ3v) is 2.65. The van der Waals surface area contributed by atoms with Crippen LogP contribution in [0.2, 0.25) is 0 Å². The van der Waals surface area contributed by atoms with Crippen molar-refractivity contribution in [3.8, 4) is 0 Å². The van der Waals surface area contributed by atoms with Crippen LogP contribution in [0.3, 0.4) is 0 Å². The van der Waals surface area contributed by atoms with E-state index in [9.17, 15) is 4.79 Å². The van der Waals surface area contributed by atoms with Gasteiger partial charge in [-0.15, -0.1) is 0 Å². The second kappa shape index (κ2) is 7.00. The van der Waals surface area contributed by atoms with Gasteiger partial charge in [-0.2, -0.15) is 11.8 Å². The standard InChI is InChI=1S/C11H17N3OS/c1-16-7-3-6-13-11(15)14-10-5-2-4-9(12)8-10/h2,4-5,8H,3,6-7,12H2,1H3,(H2,13,14,15). The first-order valence-corrected chi connectivity index (χ1v) is 6.51. The van der Waals surface area contributed by atoms with Gasteiger partial charge >= 0.3 is 6.03 Å². The van der Waals surface area contributed by atoms with Crippen LogP contribution in [-0.2, 0) is 0 Å². The van der Waals surface area contributed by atoms with Crippen LogP contribution >= 0.6 is 11.8 Å². The molecular formula is C11H17N3OS. The molecule has 16 heavy (non-hydrogen) atoms. The van der Waals surface area contributed by atoms with Gasteiger partial charge in [0.2, 0.25) is 0 Å². The summed E-state index contributed by atoms with van der Waals surface area (Å²) in [6.07, 6.45) is 3.03. The van der Waals surface area contributed by atoms with Crippen molar-refractivity contribution in [2.24, 2.45) is 0 Å². The topological polar surface area (TPSA) is 67.2 Å². The normalized spacial score (nSPS) is 9.81. The Morgan fingerprint density at radius 1 is 1.50 bits per heavy atom. The fraction of sp³-hybridized carbons (Fsp3) is 0.364. The van der Waals surface area contributed by atoms with Gasteiger partial charge in [-0.3, -0.25) is 0 Å². The largest absolute Gasteiger partial charge is 0.399 e. The summed E-state index contributed by atoms with van der Waals surface area (Å²) in [7, 11) is 0. The van der Waals surface area contributed by atoms with Crippen molar-refractivity contribution in [2.45, 2.75) is 6.42 Å². The Kier molecular flexibility index (Phi) is 5.56. The molecule has 0 spiro atoms. The molecule has 0 aliphatic carbocycles. The van der Waals surface area contributed by atoms with Crippen molar-refractivity contribution in [1.29, 1.82) is 0 Å². The van der Waals surface area contributed by atoms with Crippen molar-refractivity contribution < 1.29 is 4.79 Å². The fourth-order valence-corrected chi connectivity index (χ4v) is 1.64. The molecule has 0 aliphatic rings. The van der Waals surface area contributed by atoms with Crippen molar-refractivity contribution in [3.63, 3.8) is 0 Å². The van der Waals surface area contributed by atoms with Gasteiger partial charge in [-0.1, -0.05) is 6.07 Å². The molecule has 1 aromatic carbocycles. The molecule has 0 heterocycles. The monoisotopic (exact) mass is 239 g/mol. The molecule has 4 nitrogen and oxygen atoms in total. The molecule has 0 aromatic heterocycles. The first-order valence-electron chi connectivity index (χ1n) is 5.11. The molecule has 0 fully saturated rings. The zero-order valence-corrected chi connectivity index (χ0v) is 10.1. The quantitative estimate of drug-likeness (QED) is 0.545. The Balaban J connectivity index is 2.29. The highest BCUT2D eigenvalue weighted by Crippen LogP contribution is 2.11. The predicted molar refractivity (Wildman–Crippen MR) is 70.9 cm³/mol. The highest BCUT2D eigenvalue weighted by atomic mass is 32.2. The van der Waals surface area contributed by atoms with Gasteiger partial charge in [-0.05, 0) is 36.6 Å². The molecule has 0 bridgehead atoms. The van der Waals surface area contributed by atoms with E-state index in [1.165, 1.54) is 0 Å². The molecule has 0 atom stereocenters.